The van der Waals surface area contributed by atoms with Crippen molar-refractivity contribution in [3.8, 4) is 0 Å². The van der Waals surface area contributed by atoms with Crippen LogP contribution in [-0.2, 0) is 30.3 Å². The Kier molecular flexibility index (Phi) is 8.76. The van der Waals surface area contributed by atoms with Gasteiger partial charge in [0.2, 0.25) is 0 Å². The predicted molar refractivity (Wildman–Crippen MR) is 95.3 cm³/mol. The molecule has 0 aliphatic carbocycles. The summed E-state index contributed by atoms with van der Waals surface area (Å²) in [5.41, 5.74) is 0.745. The molecule has 1 heterocycles. The summed E-state index contributed by atoms with van der Waals surface area (Å²) in [7, 11) is 1.11. The van der Waals surface area contributed by atoms with Crippen LogP contribution in [0, 0.1) is 0 Å². The molecule has 1 saturated heterocycles. The second-order valence-corrected chi connectivity index (χ2v) is 6.31. The summed E-state index contributed by atoms with van der Waals surface area (Å²) in [4.78, 5) is 23.9. The number of benzene rings is 1. The number of ether oxygens (including phenoxy) is 4. The SMILES string of the molecule is COC(=O)[C@H](CO[C@@H]1O[C@H](CO)[C@@H](O)[C@H](O)[C@H]1O)NC(=O)OCc1ccccc1. The van der Waals surface area contributed by atoms with Gasteiger partial charge in [-0.25, -0.2) is 9.59 Å². The van der Waals surface area contributed by atoms with E-state index in [0.717, 1.165) is 12.7 Å². The molecule has 1 amide bonds. The van der Waals surface area contributed by atoms with E-state index in [-0.39, 0.29) is 6.61 Å². The summed E-state index contributed by atoms with van der Waals surface area (Å²) in [6.07, 6.45) is -8.35. The van der Waals surface area contributed by atoms with Crippen LogP contribution in [0.25, 0.3) is 0 Å². The molecular weight excluding hydrogens is 390 g/mol. The van der Waals surface area contributed by atoms with Gasteiger partial charge in [0.05, 0.1) is 20.3 Å². The van der Waals surface area contributed by atoms with Crippen molar-refractivity contribution >= 4 is 12.1 Å². The Bertz CT molecular complexity index is 655. The van der Waals surface area contributed by atoms with Crippen molar-refractivity contribution in [3.05, 3.63) is 35.9 Å². The van der Waals surface area contributed by atoms with Crippen molar-refractivity contribution in [2.75, 3.05) is 20.3 Å². The zero-order valence-electron chi connectivity index (χ0n) is 15.7. The van der Waals surface area contributed by atoms with Crippen LogP contribution >= 0.6 is 0 Å². The van der Waals surface area contributed by atoms with E-state index < -0.39 is 62.0 Å². The monoisotopic (exact) mass is 415 g/mol. The molecule has 11 nitrogen and oxygen atoms in total. The summed E-state index contributed by atoms with van der Waals surface area (Å²) >= 11 is 0. The van der Waals surface area contributed by atoms with Crippen molar-refractivity contribution in [3.63, 3.8) is 0 Å². The zero-order valence-corrected chi connectivity index (χ0v) is 15.7. The van der Waals surface area contributed by atoms with Gasteiger partial charge in [-0.05, 0) is 5.56 Å². The largest absolute Gasteiger partial charge is 0.467 e. The number of nitrogens with one attached hydrogen (secondary N) is 1. The van der Waals surface area contributed by atoms with Gasteiger partial charge in [0.25, 0.3) is 0 Å². The van der Waals surface area contributed by atoms with Gasteiger partial charge >= 0.3 is 12.1 Å². The number of aliphatic hydroxyl groups is 4. The summed E-state index contributed by atoms with van der Waals surface area (Å²) in [6.45, 7) is -1.14. The van der Waals surface area contributed by atoms with E-state index in [1.807, 2.05) is 6.07 Å². The highest BCUT2D eigenvalue weighted by molar-refractivity contribution is 5.81. The van der Waals surface area contributed by atoms with Gasteiger partial charge in [-0.2, -0.15) is 0 Å². The first kappa shape index (κ1) is 23.0. The van der Waals surface area contributed by atoms with Crippen LogP contribution in [-0.4, -0.2) is 89.6 Å². The van der Waals surface area contributed by atoms with Crippen molar-refractivity contribution in [1.29, 1.82) is 0 Å². The van der Waals surface area contributed by atoms with Crippen molar-refractivity contribution in [2.24, 2.45) is 0 Å². The second-order valence-electron chi connectivity index (χ2n) is 6.31. The highest BCUT2D eigenvalue weighted by Crippen LogP contribution is 2.22. The van der Waals surface area contributed by atoms with Crippen LogP contribution in [0.3, 0.4) is 0 Å². The summed E-state index contributed by atoms with van der Waals surface area (Å²) in [5.74, 6) is -0.841. The lowest BCUT2D eigenvalue weighted by molar-refractivity contribution is -0.301. The van der Waals surface area contributed by atoms with Gasteiger partial charge in [-0.3, -0.25) is 0 Å². The smallest absolute Gasteiger partial charge is 0.408 e. The average molecular weight is 415 g/mol. The molecule has 11 heteroatoms. The minimum Gasteiger partial charge on any atom is -0.467 e. The molecule has 1 aliphatic heterocycles. The molecule has 1 aromatic rings. The Labute approximate surface area is 166 Å². The Morgan fingerprint density at radius 1 is 1.14 bits per heavy atom. The molecule has 0 aromatic heterocycles. The molecule has 0 unspecified atom stereocenters. The molecule has 0 saturated carbocycles. The number of carbonyl (C=O) groups is 2. The topological polar surface area (TPSA) is 164 Å². The van der Waals surface area contributed by atoms with Crippen LogP contribution in [0.5, 0.6) is 0 Å². The van der Waals surface area contributed by atoms with Crippen LogP contribution in [0.15, 0.2) is 30.3 Å². The third kappa shape index (κ3) is 6.35. The van der Waals surface area contributed by atoms with E-state index in [9.17, 15) is 30.0 Å². The molecule has 0 radical (unpaired) electrons. The lowest BCUT2D eigenvalue weighted by Crippen LogP contribution is -2.59. The Morgan fingerprint density at radius 3 is 2.45 bits per heavy atom. The lowest BCUT2D eigenvalue weighted by atomic mass is 9.99. The molecule has 2 rings (SSSR count). The van der Waals surface area contributed by atoms with Gasteiger partial charge in [-0.15, -0.1) is 0 Å². The minimum absolute atomic E-state index is 0.0197. The fourth-order valence-corrected chi connectivity index (χ4v) is 2.61. The lowest BCUT2D eigenvalue weighted by Gasteiger charge is -2.39. The number of amides is 1. The zero-order chi connectivity index (χ0) is 21.4. The summed E-state index contributed by atoms with van der Waals surface area (Å²) in [5, 5.41) is 40.9. The van der Waals surface area contributed by atoms with Gasteiger partial charge in [-0.1, -0.05) is 30.3 Å². The number of carbonyl (C=O) groups excluding carboxylic acids is 2. The quantitative estimate of drug-likeness (QED) is 0.308. The number of methoxy groups -OCH3 is 1. The van der Waals surface area contributed by atoms with E-state index in [1.165, 1.54) is 0 Å². The first-order chi connectivity index (χ1) is 13.9. The average Bonchev–Trinajstić information content (AvgIpc) is 2.74. The maximum atomic E-state index is 12.0. The van der Waals surface area contributed by atoms with Crippen molar-refractivity contribution in [2.45, 2.75) is 43.4 Å². The van der Waals surface area contributed by atoms with Crippen LogP contribution in [0.2, 0.25) is 0 Å². The first-order valence-corrected chi connectivity index (χ1v) is 8.84. The summed E-state index contributed by atoms with van der Waals surface area (Å²) < 4.78 is 20.1. The number of esters is 1. The molecule has 1 fully saturated rings. The molecule has 0 bridgehead atoms. The molecule has 29 heavy (non-hydrogen) atoms. The van der Waals surface area contributed by atoms with E-state index in [4.69, 9.17) is 14.2 Å². The first-order valence-electron chi connectivity index (χ1n) is 8.84. The second kappa shape index (κ2) is 11.0. The molecule has 1 aromatic carbocycles. The maximum Gasteiger partial charge on any atom is 0.408 e. The number of rotatable bonds is 8. The maximum absolute atomic E-state index is 12.0. The molecule has 162 valence electrons. The summed E-state index contributed by atoms with van der Waals surface area (Å²) in [6, 6.07) is 7.59. The van der Waals surface area contributed by atoms with Crippen molar-refractivity contribution in [1.82, 2.24) is 5.32 Å². The minimum atomic E-state index is -1.64. The van der Waals surface area contributed by atoms with Crippen molar-refractivity contribution < 1.29 is 49.0 Å². The molecular formula is C18H25NO10. The van der Waals surface area contributed by atoms with Crippen LogP contribution in [0.1, 0.15) is 5.56 Å². The number of aliphatic hydroxyl groups excluding tert-OH is 4. The highest BCUT2D eigenvalue weighted by atomic mass is 16.7. The van der Waals surface area contributed by atoms with E-state index in [0.29, 0.717) is 0 Å². The van der Waals surface area contributed by atoms with Gasteiger partial charge in [0.15, 0.2) is 12.3 Å². The molecule has 0 spiro atoms. The van der Waals surface area contributed by atoms with E-state index >= 15 is 0 Å². The molecule has 1 aliphatic rings. The van der Waals surface area contributed by atoms with Crippen LogP contribution in [0.4, 0.5) is 4.79 Å². The Hall–Kier alpha value is -2.28. The number of alkyl carbamates (subject to hydrolysis) is 1. The standard InChI is InChI=1S/C18H25NO10/c1-26-16(24)11(19-18(25)28-8-10-5-3-2-4-6-10)9-27-17-15(23)14(22)13(21)12(7-20)29-17/h2-6,11-15,17,20-23H,7-9H2,1H3,(H,19,25)/t11-,12+,13+,14-,15+,17+/m0/s1. The van der Waals surface area contributed by atoms with Gasteiger partial charge < -0.3 is 44.7 Å². The van der Waals surface area contributed by atoms with Gasteiger partial charge in [0.1, 0.15) is 31.0 Å². The number of hydrogen-bond acceptors (Lipinski definition) is 10. The third-order valence-electron chi connectivity index (χ3n) is 4.27. The highest BCUT2D eigenvalue weighted by Gasteiger charge is 2.44. The normalized spacial score (nSPS) is 27.7. The Balaban J connectivity index is 1.91. The Morgan fingerprint density at radius 2 is 1.83 bits per heavy atom. The molecule has 6 atom stereocenters. The third-order valence-corrected chi connectivity index (χ3v) is 4.27. The fraction of sp³-hybridized carbons (Fsp3) is 0.556. The predicted octanol–water partition coefficient (Wildman–Crippen LogP) is -1.73. The number of hydrogen-bond donors (Lipinski definition) is 5. The van der Waals surface area contributed by atoms with Crippen LogP contribution < -0.4 is 5.32 Å². The van der Waals surface area contributed by atoms with Gasteiger partial charge in [0, 0.05) is 0 Å². The van der Waals surface area contributed by atoms with E-state index in [2.05, 4.69) is 10.1 Å². The molecule has 5 N–H and O–H groups in total. The fourth-order valence-electron chi connectivity index (χ4n) is 2.61. The van der Waals surface area contributed by atoms with E-state index in [1.54, 1.807) is 24.3 Å².